The molecule has 118 valence electrons. The van der Waals surface area contributed by atoms with Gasteiger partial charge in [-0.1, -0.05) is 19.1 Å². The summed E-state index contributed by atoms with van der Waals surface area (Å²) in [6, 6.07) is 7.57. The molecule has 2 N–H and O–H groups in total. The predicted molar refractivity (Wildman–Crippen MR) is 89.8 cm³/mol. The number of rotatable bonds is 6. The van der Waals surface area contributed by atoms with Crippen LogP contribution in [0.15, 0.2) is 24.3 Å². The highest BCUT2D eigenvalue weighted by Gasteiger charge is 2.19. The standard InChI is InChI=1S/C16H26N2O2S/c1-12(10-17-5)15(19)18-14-8-6-7-13(9-14)11-21(20)16(2,3)4/h6-9,12,17H,10-11H2,1-5H3,(H,18,19). The van der Waals surface area contributed by atoms with E-state index in [1.807, 2.05) is 59.0 Å². The summed E-state index contributed by atoms with van der Waals surface area (Å²) in [5.74, 6) is 0.389. The summed E-state index contributed by atoms with van der Waals surface area (Å²) in [4.78, 5) is 12.0. The minimum Gasteiger partial charge on any atom is -0.326 e. The zero-order valence-corrected chi connectivity index (χ0v) is 14.3. The Labute approximate surface area is 130 Å². The van der Waals surface area contributed by atoms with Crippen LogP contribution in [0.4, 0.5) is 5.69 Å². The first-order valence-electron chi connectivity index (χ1n) is 7.17. The second kappa shape index (κ2) is 7.71. The van der Waals surface area contributed by atoms with Crippen molar-refractivity contribution < 1.29 is 9.00 Å². The van der Waals surface area contributed by atoms with Gasteiger partial charge in [0.1, 0.15) is 0 Å². The fraction of sp³-hybridized carbons (Fsp3) is 0.562. The first kappa shape index (κ1) is 17.9. The Balaban J connectivity index is 2.73. The largest absolute Gasteiger partial charge is 0.326 e. The molecular formula is C16H26N2O2S. The molecule has 0 saturated carbocycles. The minimum atomic E-state index is -0.944. The van der Waals surface area contributed by atoms with Crippen LogP contribution in [0.2, 0.25) is 0 Å². The quantitative estimate of drug-likeness (QED) is 0.849. The van der Waals surface area contributed by atoms with Gasteiger partial charge in [-0.3, -0.25) is 9.00 Å². The number of nitrogens with one attached hydrogen (secondary N) is 2. The van der Waals surface area contributed by atoms with Crippen LogP contribution >= 0.6 is 0 Å². The molecule has 0 bridgehead atoms. The third kappa shape index (κ3) is 5.98. The monoisotopic (exact) mass is 310 g/mol. The van der Waals surface area contributed by atoms with E-state index in [0.29, 0.717) is 12.3 Å². The van der Waals surface area contributed by atoms with E-state index in [0.717, 1.165) is 11.3 Å². The van der Waals surface area contributed by atoms with Crippen LogP contribution in [0.25, 0.3) is 0 Å². The normalized spacial score (nSPS) is 14.5. The Morgan fingerprint density at radius 3 is 2.57 bits per heavy atom. The zero-order valence-electron chi connectivity index (χ0n) is 13.5. The second-order valence-electron chi connectivity index (χ2n) is 6.25. The first-order valence-corrected chi connectivity index (χ1v) is 8.49. The molecule has 4 nitrogen and oxygen atoms in total. The molecule has 5 heteroatoms. The molecule has 2 unspecified atom stereocenters. The summed E-state index contributed by atoms with van der Waals surface area (Å²) < 4.78 is 11.9. The van der Waals surface area contributed by atoms with Gasteiger partial charge in [-0.05, 0) is 45.5 Å². The Kier molecular flexibility index (Phi) is 6.55. The molecule has 0 heterocycles. The molecule has 0 radical (unpaired) electrons. The molecule has 0 aliphatic carbocycles. The molecule has 1 amide bonds. The summed E-state index contributed by atoms with van der Waals surface area (Å²) in [5.41, 5.74) is 1.73. The highest BCUT2D eigenvalue weighted by molar-refractivity contribution is 7.85. The number of carbonyl (C=O) groups excluding carboxylic acids is 1. The lowest BCUT2D eigenvalue weighted by Crippen LogP contribution is -2.28. The zero-order chi connectivity index (χ0) is 16.0. The van der Waals surface area contributed by atoms with Crippen molar-refractivity contribution >= 4 is 22.4 Å². The van der Waals surface area contributed by atoms with E-state index in [-0.39, 0.29) is 16.6 Å². The van der Waals surface area contributed by atoms with Crippen molar-refractivity contribution in [2.24, 2.45) is 5.92 Å². The van der Waals surface area contributed by atoms with E-state index in [9.17, 15) is 9.00 Å². The van der Waals surface area contributed by atoms with Crippen LogP contribution in [-0.2, 0) is 21.3 Å². The molecule has 1 rings (SSSR count). The van der Waals surface area contributed by atoms with E-state index in [1.54, 1.807) is 0 Å². The number of hydrogen-bond acceptors (Lipinski definition) is 3. The summed E-state index contributed by atoms with van der Waals surface area (Å²) >= 11 is 0. The van der Waals surface area contributed by atoms with Gasteiger partial charge in [0.05, 0.1) is 0 Å². The van der Waals surface area contributed by atoms with Gasteiger partial charge in [-0.15, -0.1) is 0 Å². The van der Waals surface area contributed by atoms with E-state index in [1.165, 1.54) is 0 Å². The van der Waals surface area contributed by atoms with Crippen molar-refractivity contribution in [3.05, 3.63) is 29.8 Å². The van der Waals surface area contributed by atoms with E-state index >= 15 is 0 Å². The van der Waals surface area contributed by atoms with Gasteiger partial charge < -0.3 is 10.6 Å². The third-order valence-electron chi connectivity index (χ3n) is 3.13. The maximum absolute atomic E-state index is 12.2. The number of carbonyl (C=O) groups is 1. The summed E-state index contributed by atoms with van der Waals surface area (Å²) in [6.45, 7) is 8.42. The molecule has 1 aromatic rings. The van der Waals surface area contributed by atoms with Crippen molar-refractivity contribution in [3.63, 3.8) is 0 Å². The lowest BCUT2D eigenvalue weighted by Gasteiger charge is -2.18. The van der Waals surface area contributed by atoms with Gasteiger partial charge in [0, 0.05) is 39.4 Å². The SMILES string of the molecule is CNCC(C)C(=O)Nc1cccc(CS(=O)C(C)(C)C)c1. The van der Waals surface area contributed by atoms with E-state index < -0.39 is 10.8 Å². The molecule has 0 aliphatic heterocycles. The van der Waals surface area contributed by atoms with Gasteiger partial charge in [-0.2, -0.15) is 0 Å². The molecule has 0 aromatic heterocycles. The molecule has 0 saturated heterocycles. The van der Waals surface area contributed by atoms with Crippen LogP contribution in [0, 0.1) is 5.92 Å². The maximum Gasteiger partial charge on any atom is 0.228 e. The molecule has 0 spiro atoms. The number of hydrogen-bond donors (Lipinski definition) is 2. The average molecular weight is 310 g/mol. The van der Waals surface area contributed by atoms with Gasteiger partial charge in [0.15, 0.2) is 0 Å². The maximum atomic E-state index is 12.2. The third-order valence-corrected chi connectivity index (χ3v) is 5.09. The van der Waals surface area contributed by atoms with Gasteiger partial charge in [0.2, 0.25) is 5.91 Å². The Morgan fingerprint density at radius 2 is 2.00 bits per heavy atom. The summed E-state index contributed by atoms with van der Waals surface area (Å²) in [5, 5.41) is 5.89. The predicted octanol–water partition coefficient (Wildman–Crippen LogP) is 2.53. The average Bonchev–Trinajstić information content (AvgIpc) is 2.38. The van der Waals surface area contributed by atoms with E-state index in [2.05, 4.69) is 10.6 Å². The van der Waals surface area contributed by atoms with Crippen LogP contribution in [0.3, 0.4) is 0 Å². The molecule has 0 fully saturated rings. The van der Waals surface area contributed by atoms with Crippen LogP contribution < -0.4 is 10.6 Å². The minimum absolute atomic E-state index is 0.0153. The second-order valence-corrected chi connectivity index (χ2v) is 8.46. The number of amides is 1. The fourth-order valence-electron chi connectivity index (χ4n) is 1.77. The Hall–Kier alpha value is -1.20. The highest BCUT2D eigenvalue weighted by atomic mass is 32.2. The van der Waals surface area contributed by atoms with Crippen molar-refractivity contribution in [2.75, 3.05) is 18.9 Å². The fourth-order valence-corrected chi connectivity index (χ4v) is 2.69. The molecule has 1 aromatic carbocycles. The summed E-state index contributed by atoms with van der Waals surface area (Å²) in [7, 11) is 0.882. The van der Waals surface area contributed by atoms with Gasteiger partial charge in [-0.25, -0.2) is 0 Å². The van der Waals surface area contributed by atoms with Crippen molar-refractivity contribution in [1.82, 2.24) is 5.32 Å². The Morgan fingerprint density at radius 1 is 1.33 bits per heavy atom. The van der Waals surface area contributed by atoms with Gasteiger partial charge >= 0.3 is 0 Å². The summed E-state index contributed by atoms with van der Waals surface area (Å²) in [6.07, 6.45) is 0. The van der Waals surface area contributed by atoms with E-state index in [4.69, 9.17) is 0 Å². The van der Waals surface area contributed by atoms with Gasteiger partial charge in [0.25, 0.3) is 0 Å². The molecule has 2 atom stereocenters. The molecule has 21 heavy (non-hydrogen) atoms. The van der Waals surface area contributed by atoms with Crippen molar-refractivity contribution in [2.45, 2.75) is 38.2 Å². The van der Waals surface area contributed by atoms with Crippen LogP contribution in [0.1, 0.15) is 33.3 Å². The van der Waals surface area contributed by atoms with Crippen LogP contribution in [-0.4, -0.2) is 28.5 Å². The topological polar surface area (TPSA) is 58.2 Å². The van der Waals surface area contributed by atoms with Crippen molar-refractivity contribution in [3.8, 4) is 0 Å². The number of benzene rings is 1. The highest BCUT2D eigenvalue weighted by Crippen LogP contribution is 2.19. The smallest absolute Gasteiger partial charge is 0.228 e. The number of anilines is 1. The lowest BCUT2D eigenvalue weighted by molar-refractivity contribution is -0.119. The van der Waals surface area contributed by atoms with Crippen molar-refractivity contribution in [1.29, 1.82) is 0 Å². The van der Waals surface area contributed by atoms with Crippen LogP contribution in [0.5, 0.6) is 0 Å². The lowest BCUT2D eigenvalue weighted by atomic mass is 10.1. The Bertz CT molecular complexity index is 509. The molecular weight excluding hydrogens is 284 g/mol. The first-order chi connectivity index (χ1) is 9.74. The molecule has 0 aliphatic rings.